The van der Waals surface area contributed by atoms with Crippen molar-refractivity contribution in [3.63, 3.8) is 0 Å². The maximum Gasteiger partial charge on any atom is 0.178 e. The van der Waals surface area contributed by atoms with Gasteiger partial charge >= 0.3 is 0 Å². The molecule has 0 aromatic heterocycles. The first kappa shape index (κ1) is 12.5. The van der Waals surface area contributed by atoms with Gasteiger partial charge in [0.1, 0.15) is 0 Å². The van der Waals surface area contributed by atoms with Crippen molar-refractivity contribution in [1.82, 2.24) is 10.6 Å². The Balaban J connectivity index is 2.44. The predicted molar refractivity (Wildman–Crippen MR) is 67.7 cm³/mol. The third kappa shape index (κ3) is 2.36. The number of aryl methyl sites for hydroxylation is 1. The number of hydrogen-bond donors (Lipinski definition) is 2. The Kier molecular flexibility index (Phi) is 3.51. The van der Waals surface area contributed by atoms with Crippen LogP contribution in [0.1, 0.15) is 23.7 Å². The van der Waals surface area contributed by atoms with E-state index in [1.165, 1.54) is 0 Å². The van der Waals surface area contributed by atoms with Crippen LogP contribution in [0.15, 0.2) is 23.1 Å². The Hall–Kier alpha value is -0.910. The number of benzene rings is 1. The molecule has 0 radical (unpaired) electrons. The summed E-state index contributed by atoms with van der Waals surface area (Å²) in [6.07, 6.45) is 1.63. The van der Waals surface area contributed by atoms with E-state index in [4.69, 9.17) is 0 Å². The highest BCUT2D eigenvalue weighted by Crippen LogP contribution is 2.27. The summed E-state index contributed by atoms with van der Waals surface area (Å²) in [4.78, 5) is 0.512. The van der Waals surface area contributed by atoms with Crippen LogP contribution in [0.25, 0.3) is 0 Å². The third-order valence-electron chi connectivity index (χ3n) is 3.19. The Labute approximate surface area is 102 Å². The zero-order valence-electron chi connectivity index (χ0n) is 10.2. The molecule has 94 valence electrons. The summed E-state index contributed by atoms with van der Waals surface area (Å²) in [6.45, 7) is 0. The van der Waals surface area contributed by atoms with Gasteiger partial charge < -0.3 is 10.6 Å². The molecule has 1 aliphatic heterocycles. The minimum Gasteiger partial charge on any atom is -0.301 e. The lowest BCUT2D eigenvalue weighted by molar-refractivity contribution is 0.518. The average Bonchev–Trinajstić information content (AvgIpc) is 2.30. The van der Waals surface area contributed by atoms with Gasteiger partial charge in [-0.2, -0.15) is 0 Å². The fraction of sp³-hybridized carbons (Fsp3) is 0.500. The number of sulfone groups is 1. The molecule has 2 N–H and O–H groups in total. The second kappa shape index (κ2) is 4.76. The van der Waals surface area contributed by atoms with Crippen LogP contribution in [-0.2, 0) is 16.3 Å². The Bertz CT molecular complexity index is 507. The summed E-state index contributed by atoms with van der Waals surface area (Å²) in [5.41, 5.74) is 2.02. The zero-order valence-corrected chi connectivity index (χ0v) is 11.0. The number of hydrogen-bond acceptors (Lipinski definition) is 4. The van der Waals surface area contributed by atoms with Gasteiger partial charge in [0, 0.05) is 0 Å². The van der Waals surface area contributed by atoms with Gasteiger partial charge in [0.05, 0.1) is 16.8 Å². The highest BCUT2D eigenvalue weighted by molar-refractivity contribution is 7.91. The van der Waals surface area contributed by atoms with Crippen LogP contribution in [0.5, 0.6) is 0 Å². The van der Waals surface area contributed by atoms with Crippen LogP contribution in [0.2, 0.25) is 0 Å². The summed E-state index contributed by atoms with van der Waals surface area (Å²) >= 11 is 0. The summed E-state index contributed by atoms with van der Waals surface area (Å²) in [7, 11) is 0.706. The van der Waals surface area contributed by atoms with Gasteiger partial charge in [0.15, 0.2) is 9.84 Å². The minimum absolute atomic E-state index is 0.0601. The van der Waals surface area contributed by atoms with E-state index < -0.39 is 9.84 Å². The van der Waals surface area contributed by atoms with E-state index in [1.54, 1.807) is 6.07 Å². The van der Waals surface area contributed by atoms with Crippen molar-refractivity contribution in [1.29, 1.82) is 0 Å². The van der Waals surface area contributed by atoms with Crippen molar-refractivity contribution >= 4 is 9.84 Å². The van der Waals surface area contributed by atoms with Crippen LogP contribution >= 0.6 is 0 Å². The highest BCUT2D eigenvalue weighted by atomic mass is 32.2. The molecule has 4 nitrogen and oxygen atoms in total. The van der Waals surface area contributed by atoms with Gasteiger partial charge in [-0.1, -0.05) is 12.1 Å². The van der Waals surface area contributed by atoms with E-state index in [9.17, 15) is 8.42 Å². The molecule has 2 rings (SSSR count). The van der Waals surface area contributed by atoms with Gasteiger partial charge in [-0.05, 0) is 44.1 Å². The van der Waals surface area contributed by atoms with E-state index in [-0.39, 0.29) is 11.9 Å². The lowest BCUT2D eigenvalue weighted by Gasteiger charge is -2.20. The van der Waals surface area contributed by atoms with Crippen molar-refractivity contribution in [3.8, 4) is 0 Å². The number of fused-ring (bicyclic) bond motifs is 1. The normalized spacial score (nSPS) is 18.1. The topological polar surface area (TPSA) is 58.2 Å². The van der Waals surface area contributed by atoms with E-state index in [2.05, 4.69) is 10.6 Å². The van der Waals surface area contributed by atoms with Crippen LogP contribution in [0.3, 0.4) is 0 Å². The van der Waals surface area contributed by atoms with E-state index in [1.807, 2.05) is 26.2 Å². The summed E-state index contributed by atoms with van der Waals surface area (Å²) < 4.78 is 23.7. The fourth-order valence-electron chi connectivity index (χ4n) is 2.32. The largest absolute Gasteiger partial charge is 0.301 e. The maximum absolute atomic E-state index is 11.9. The van der Waals surface area contributed by atoms with Crippen molar-refractivity contribution in [2.24, 2.45) is 0 Å². The molecule has 1 aliphatic rings. The molecule has 1 aromatic rings. The molecular formula is C12H18N2O2S. The minimum atomic E-state index is -3.04. The summed E-state index contributed by atoms with van der Waals surface area (Å²) in [5, 5.41) is 6.27. The Morgan fingerprint density at radius 3 is 2.59 bits per heavy atom. The second-order valence-electron chi connectivity index (χ2n) is 4.30. The van der Waals surface area contributed by atoms with Gasteiger partial charge in [-0.3, -0.25) is 0 Å². The first-order valence-electron chi connectivity index (χ1n) is 5.78. The van der Waals surface area contributed by atoms with Gasteiger partial charge in [-0.25, -0.2) is 8.42 Å². The molecule has 0 aliphatic carbocycles. The molecule has 0 saturated carbocycles. The van der Waals surface area contributed by atoms with E-state index in [0.29, 0.717) is 4.90 Å². The zero-order chi connectivity index (χ0) is 12.5. The second-order valence-corrected chi connectivity index (χ2v) is 6.38. The third-order valence-corrected chi connectivity index (χ3v) is 5.08. The first-order valence-corrected chi connectivity index (χ1v) is 7.44. The number of rotatable bonds is 3. The fourth-order valence-corrected chi connectivity index (χ4v) is 3.90. The van der Waals surface area contributed by atoms with Crippen molar-refractivity contribution in [3.05, 3.63) is 29.3 Å². The van der Waals surface area contributed by atoms with Crippen molar-refractivity contribution in [2.75, 3.05) is 19.8 Å². The van der Waals surface area contributed by atoms with E-state index in [0.717, 1.165) is 24.0 Å². The van der Waals surface area contributed by atoms with Crippen LogP contribution in [0.4, 0.5) is 0 Å². The molecule has 0 unspecified atom stereocenters. The molecule has 0 fully saturated rings. The van der Waals surface area contributed by atoms with Crippen molar-refractivity contribution in [2.45, 2.75) is 23.9 Å². The maximum atomic E-state index is 11.9. The Morgan fingerprint density at radius 1 is 1.24 bits per heavy atom. The van der Waals surface area contributed by atoms with Gasteiger partial charge in [-0.15, -0.1) is 0 Å². The first-order chi connectivity index (χ1) is 8.08. The summed E-state index contributed by atoms with van der Waals surface area (Å²) in [5.74, 6) is 0.279. The van der Waals surface area contributed by atoms with Crippen LogP contribution in [-0.4, -0.2) is 28.3 Å². The lowest BCUT2D eigenvalue weighted by atomic mass is 10.0. The smallest absolute Gasteiger partial charge is 0.178 e. The Morgan fingerprint density at radius 2 is 1.94 bits per heavy atom. The van der Waals surface area contributed by atoms with Crippen molar-refractivity contribution < 1.29 is 8.42 Å². The molecular weight excluding hydrogens is 236 g/mol. The molecule has 0 atom stereocenters. The monoisotopic (exact) mass is 254 g/mol. The van der Waals surface area contributed by atoms with Gasteiger partial charge in [0.25, 0.3) is 0 Å². The molecule has 0 spiro atoms. The van der Waals surface area contributed by atoms with Crippen LogP contribution in [0, 0.1) is 0 Å². The standard InChI is InChI=1S/C12H18N2O2S/c1-13-12(14-2)10-5-6-11-9(8-10)4-3-7-17(11,15)16/h5-6,8,12-14H,3-4,7H2,1-2H3. The molecule has 0 bridgehead atoms. The highest BCUT2D eigenvalue weighted by Gasteiger charge is 2.24. The van der Waals surface area contributed by atoms with Gasteiger partial charge in [0.2, 0.25) is 0 Å². The average molecular weight is 254 g/mol. The number of nitrogens with one attached hydrogen (secondary N) is 2. The molecule has 0 amide bonds. The SMILES string of the molecule is CNC(NC)c1ccc2c(c1)CCCS2(=O)=O. The molecule has 1 heterocycles. The van der Waals surface area contributed by atoms with E-state index >= 15 is 0 Å². The molecule has 1 aromatic carbocycles. The molecule has 17 heavy (non-hydrogen) atoms. The van der Waals surface area contributed by atoms with Crippen LogP contribution < -0.4 is 10.6 Å². The lowest BCUT2D eigenvalue weighted by Crippen LogP contribution is -2.29. The predicted octanol–water partition coefficient (Wildman–Crippen LogP) is 0.844. The molecule has 0 saturated heterocycles. The summed E-state index contributed by atoms with van der Waals surface area (Å²) in [6, 6.07) is 5.60. The quantitative estimate of drug-likeness (QED) is 0.785. The molecule has 5 heteroatoms.